The quantitative estimate of drug-likeness (QED) is 0.318. The Hall–Kier alpha value is -3.05. The maximum absolute atomic E-state index is 14.1. The molecule has 1 aromatic carbocycles. The van der Waals surface area contributed by atoms with E-state index in [-0.39, 0.29) is 38.9 Å². The number of nitrogens with two attached hydrogens (primary N) is 1. The number of amides is 2. The van der Waals surface area contributed by atoms with E-state index >= 15 is 0 Å². The molecule has 0 saturated carbocycles. The van der Waals surface area contributed by atoms with E-state index in [9.17, 15) is 22.8 Å². The molecule has 2 aliphatic rings. The maximum Gasteiger partial charge on any atom is 0.410 e. The van der Waals surface area contributed by atoms with E-state index in [1.165, 1.54) is 11.3 Å². The standard InChI is InChI=1S/C27H29ClF3N5O2S/c1-26(2,3)14-9-10-15-17(11-14)39-25(19(15)22(32)37)34-24(38)21-20(28)23-33-16(13-7-5-4-6-8-13)12-18(27(29,30)31)36(23)35-21/h4-8,14,16,18,33H,9-12H2,1-3H3,(H2,32,37)(H,34,38)/t14-,16+,18-/m0/s1. The minimum absolute atomic E-state index is 0.0701. The van der Waals surface area contributed by atoms with Crippen LogP contribution in [0.15, 0.2) is 30.3 Å². The zero-order chi connectivity index (χ0) is 28.3. The van der Waals surface area contributed by atoms with Crippen LogP contribution < -0.4 is 16.4 Å². The number of alkyl halides is 3. The molecule has 0 saturated heterocycles. The third kappa shape index (κ3) is 5.14. The third-order valence-electron chi connectivity index (χ3n) is 7.68. The number of primary amides is 1. The lowest BCUT2D eigenvalue weighted by molar-refractivity contribution is -0.173. The summed E-state index contributed by atoms with van der Waals surface area (Å²) in [5.41, 5.74) is 7.13. The van der Waals surface area contributed by atoms with Crippen molar-refractivity contribution in [2.75, 3.05) is 10.6 Å². The molecule has 1 aliphatic carbocycles. The number of nitrogens with zero attached hydrogens (tertiary/aromatic N) is 2. The van der Waals surface area contributed by atoms with Crippen LogP contribution in [-0.2, 0) is 12.8 Å². The Balaban J connectivity index is 1.48. The number of rotatable bonds is 4. The molecular formula is C27H29ClF3N5O2S. The number of nitrogens with one attached hydrogen (secondary N) is 2. The molecule has 0 fully saturated rings. The highest BCUT2D eigenvalue weighted by Gasteiger charge is 2.48. The van der Waals surface area contributed by atoms with E-state index in [1.807, 2.05) is 0 Å². The largest absolute Gasteiger partial charge is 0.410 e. The Bertz CT molecular complexity index is 1430. The van der Waals surface area contributed by atoms with Crippen molar-refractivity contribution in [1.29, 1.82) is 0 Å². The molecule has 3 heterocycles. The summed E-state index contributed by atoms with van der Waals surface area (Å²) in [4.78, 5) is 26.7. The summed E-state index contributed by atoms with van der Waals surface area (Å²) in [7, 11) is 0. The van der Waals surface area contributed by atoms with Crippen LogP contribution in [0.5, 0.6) is 0 Å². The molecule has 5 rings (SSSR count). The van der Waals surface area contributed by atoms with Crippen molar-refractivity contribution in [2.24, 2.45) is 17.1 Å². The number of thiophene rings is 1. The van der Waals surface area contributed by atoms with Gasteiger partial charge in [-0.05, 0) is 41.7 Å². The van der Waals surface area contributed by atoms with Crippen LogP contribution in [-0.4, -0.2) is 27.8 Å². The molecule has 39 heavy (non-hydrogen) atoms. The van der Waals surface area contributed by atoms with Gasteiger partial charge in [0, 0.05) is 11.3 Å². The number of hydrogen-bond donors (Lipinski definition) is 3. The summed E-state index contributed by atoms with van der Waals surface area (Å²) >= 11 is 7.75. The van der Waals surface area contributed by atoms with Crippen molar-refractivity contribution >= 4 is 45.6 Å². The van der Waals surface area contributed by atoms with E-state index in [2.05, 4.69) is 36.5 Å². The highest BCUT2D eigenvalue weighted by molar-refractivity contribution is 7.17. The fourth-order valence-corrected chi connectivity index (χ4v) is 7.07. The number of carbonyl (C=O) groups excluding carboxylic acids is 2. The molecule has 2 aromatic heterocycles. The lowest BCUT2D eigenvalue weighted by Gasteiger charge is -2.33. The van der Waals surface area contributed by atoms with Gasteiger partial charge in [0.05, 0.1) is 11.6 Å². The fraction of sp³-hybridized carbons (Fsp3) is 0.444. The van der Waals surface area contributed by atoms with E-state index in [0.717, 1.165) is 28.0 Å². The van der Waals surface area contributed by atoms with Crippen molar-refractivity contribution < 1.29 is 22.8 Å². The van der Waals surface area contributed by atoms with Crippen molar-refractivity contribution in [3.8, 4) is 0 Å². The van der Waals surface area contributed by atoms with Crippen LogP contribution in [0.2, 0.25) is 5.02 Å². The summed E-state index contributed by atoms with van der Waals surface area (Å²) in [6.07, 6.45) is -2.66. The minimum atomic E-state index is -4.62. The molecule has 0 radical (unpaired) electrons. The van der Waals surface area contributed by atoms with Gasteiger partial charge in [0.1, 0.15) is 15.8 Å². The molecule has 0 bridgehead atoms. The SMILES string of the molecule is CC(C)(C)[C@H]1CCc2c(sc(NC(=O)c3nn4c(c3Cl)N[C@@H](c3ccccc3)C[C@H]4C(F)(F)F)c2C(N)=O)C1. The third-order valence-corrected chi connectivity index (χ3v) is 9.20. The van der Waals surface area contributed by atoms with Crippen LogP contribution in [0.1, 0.15) is 82.5 Å². The normalized spacial score (nSPS) is 21.1. The molecule has 2 amide bonds. The van der Waals surface area contributed by atoms with Crippen LogP contribution in [0, 0.1) is 11.3 Å². The average Bonchev–Trinajstić information content (AvgIpc) is 3.39. The predicted octanol–water partition coefficient (Wildman–Crippen LogP) is 6.76. The molecule has 4 N–H and O–H groups in total. The van der Waals surface area contributed by atoms with Crippen molar-refractivity contribution in [2.45, 2.75) is 64.7 Å². The van der Waals surface area contributed by atoms with E-state index in [1.54, 1.807) is 30.3 Å². The summed E-state index contributed by atoms with van der Waals surface area (Å²) in [6, 6.07) is 6.05. The van der Waals surface area contributed by atoms with Crippen LogP contribution in [0.3, 0.4) is 0 Å². The summed E-state index contributed by atoms with van der Waals surface area (Å²) in [6.45, 7) is 6.50. The number of aromatic nitrogens is 2. The zero-order valence-electron chi connectivity index (χ0n) is 21.7. The smallest absolute Gasteiger partial charge is 0.365 e. The summed E-state index contributed by atoms with van der Waals surface area (Å²) in [5, 5.41) is 9.74. The molecule has 3 atom stereocenters. The molecule has 7 nitrogen and oxygen atoms in total. The van der Waals surface area contributed by atoms with Crippen LogP contribution in [0.4, 0.5) is 24.0 Å². The number of carbonyl (C=O) groups is 2. The monoisotopic (exact) mass is 579 g/mol. The van der Waals surface area contributed by atoms with Gasteiger partial charge in [0.25, 0.3) is 11.8 Å². The highest BCUT2D eigenvalue weighted by atomic mass is 35.5. The number of halogens is 4. The first-order valence-electron chi connectivity index (χ1n) is 12.7. The van der Waals surface area contributed by atoms with Gasteiger partial charge in [-0.1, -0.05) is 62.7 Å². The van der Waals surface area contributed by atoms with Crippen LogP contribution in [0.25, 0.3) is 0 Å². The summed E-state index contributed by atoms with van der Waals surface area (Å²) in [5.74, 6) is -1.17. The lowest BCUT2D eigenvalue weighted by Crippen LogP contribution is -2.35. The Labute approximate surface area is 232 Å². The van der Waals surface area contributed by atoms with Gasteiger partial charge in [0.15, 0.2) is 11.7 Å². The average molecular weight is 580 g/mol. The fourth-order valence-electron chi connectivity index (χ4n) is 5.47. The number of anilines is 2. The van der Waals surface area contributed by atoms with Gasteiger partial charge in [-0.3, -0.25) is 9.59 Å². The predicted molar refractivity (Wildman–Crippen MR) is 146 cm³/mol. The first-order valence-corrected chi connectivity index (χ1v) is 13.9. The van der Waals surface area contributed by atoms with Gasteiger partial charge < -0.3 is 16.4 Å². The first-order chi connectivity index (χ1) is 18.3. The molecular weight excluding hydrogens is 551 g/mol. The Morgan fingerprint density at radius 2 is 1.90 bits per heavy atom. The second-order valence-corrected chi connectivity index (χ2v) is 12.7. The van der Waals surface area contributed by atoms with Crippen LogP contribution >= 0.6 is 22.9 Å². The molecule has 208 valence electrons. The maximum atomic E-state index is 14.1. The highest BCUT2D eigenvalue weighted by Crippen LogP contribution is 2.47. The van der Waals surface area contributed by atoms with Gasteiger partial charge in [-0.15, -0.1) is 11.3 Å². The minimum Gasteiger partial charge on any atom is -0.365 e. The van der Waals surface area contributed by atoms with Crippen molar-refractivity contribution in [3.05, 3.63) is 62.6 Å². The molecule has 0 unspecified atom stereocenters. The Kier molecular flexibility index (Phi) is 6.95. The van der Waals surface area contributed by atoms with Crippen molar-refractivity contribution in [3.63, 3.8) is 0 Å². The van der Waals surface area contributed by atoms with Crippen molar-refractivity contribution in [1.82, 2.24) is 9.78 Å². The zero-order valence-corrected chi connectivity index (χ0v) is 23.2. The number of hydrogen-bond acceptors (Lipinski definition) is 5. The number of fused-ring (bicyclic) bond motifs is 2. The molecule has 1 aliphatic heterocycles. The second kappa shape index (κ2) is 9.85. The molecule has 12 heteroatoms. The van der Waals surface area contributed by atoms with E-state index in [0.29, 0.717) is 17.9 Å². The summed E-state index contributed by atoms with van der Waals surface area (Å²) < 4.78 is 43.0. The molecule has 0 spiro atoms. The van der Waals surface area contributed by atoms with E-state index < -0.39 is 30.1 Å². The van der Waals surface area contributed by atoms with Gasteiger partial charge in [-0.25, -0.2) is 4.68 Å². The topological polar surface area (TPSA) is 102 Å². The second-order valence-electron chi connectivity index (χ2n) is 11.2. The number of benzene rings is 1. The van der Waals surface area contributed by atoms with Gasteiger partial charge in [0.2, 0.25) is 0 Å². The lowest BCUT2D eigenvalue weighted by atomic mass is 9.72. The van der Waals surface area contributed by atoms with Gasteiger partial charge in [-0.2, -0.15) is 18.3 Å². The first kappa shape index (κ1) is 27.5. The Morgan fingerprint density at radius 1 is 1.21 bits per heavy atom. The Morgan fingerprint density at radius 3 is 2.51 bits per heavy atom. The van der Waals surface area contributed by atoms with E-state index in [4.69, 9.17) is 17.3 Å². The van der Waals surface area contributed by atoms with Gasteiger partial charge >= 0.3 is 6.18 Å². The molecule has 3 aromatic rings.